The minimum atomic E-state index is -2.57. The summed E-state index contributed by atoms with van der Waals surface area (Å²) >= 11 is 0. The maximum Gasteiger partial charge on any atom is 0.343 e. The first-order valence-corrected chi connectivity index (χ1v) is 15.2. The van der Waals surface area contributed by atoms with E-state index in [0.717, 1.165) is 13.8 Å². The molecule has 1 aromatic carbocycles. The monoisotopic (exact) mass is 644 g/mol. The average molecular weight is 645 g/mol. The molecule has 6 unspecified atom stereocenters. The Morgan fingerprint density at radius 2 is 1.57 bits per heavy atom. The highest BCUT2D eigenvalue weighted by atomic mass is 16.8. The van der Waals surface area contributed by atoms with E-state index in [1.807, 2.05) is 20.8 Å². The van der Waals surface area contributed by atoms with E-state index in [1.54, 1.807) is 24.3 Å². The Hall–Kier alpha value is -3.75. The third kappa shape index (κ3) is 3.20. The molecule has 2 spiro atoms. The van der Waals surface area contributed by atoms with Crippen LogP contribution < -0.4 is 4.74 Å². The SMILES string of the molecule is COc1ccc(CO[C@H]2C(=O)OC3OC45C(=O)O[C@H]6C(OC(C)=O)C4([C@@H](OC(C)=O)C4OC(=O)[C@@H](C)[C@@]45O)C32[C@@H]6C(C)(C)C)cc1. The molecule has 2 aliphatic carbocycles. The Labute approximate surface area is 263 Å². The normalized spacial score (nSPS) is 44.5. The summed E-state index contributed by atoms with van der Waals surface area (Å²) in [5.41, 5.74) is -9.16. The van der Waals surface area contributed by atoms with Gasteiger partial charge in [0.2, 0.25) is 11.9 Å². The zero-order chi connectivity index (χ0) is 33.4. The molecule has 0 aromatic heterocycles. The lowest BCUT2D eigenvalue weighted by atomic mass is 9.50. The summed E-state index contributed by atoms with van der Waals surface area (Å²) in [6, 6.07) is 6.93. The highest BCUT2D eigenvalue weighted by molar-refractivity contribution is 5.94. The van der Waals surface area contributed by atoms with Crippen molar-refractivity contribution in [2.45, 2.75) is 96.2 Å². The molecule has 2 bridgehead atoms. The minimum absolute atomic E-state index is 0.118. The first-order chi connectivity index (χ1) is 21.5. The Bertz CT molecular complexity index is 1550. The molecule has 6 aliphatic rings. The van der Waals surface area contributed by atoms with Crippen molar-refractivity contribution in [1.29, 1.82) is 0 Å². The van der Waals surface area contributed by atoms with Crippen LogP contribution in [0.4, 0.5) is 0 Å². The van der Waals surface area contributed by atoms with Gasteiger partial charge in [-0.25, -0.2) is 9.59 Å². The number of ether oxygens (including phenoxy) is 8. The summed E-state index contributed by atoms with van der Waals surface area (Å²) in [5.74, 6) is -6.15. The number of benzene rings is 1. The zero-order valence-electron chi connectivity index (χ0n) is 26.4. The number of esters is 5. The van der Waals surface area contributed by atoms with Crippen LogP contribution in [0.5, 0.6) is 5.75 Å². The van der Waals surface area contributed by atoms with Gasteiger partial charge < -0.3 is 43.0 Å². The van der Waals surface area contributed by atoms with Crippen LogP contribution in [0.25, 0.3) is 0 Å². The smallest absolute Gasteiger partial charge is 0.343 e. The Morgan fingerprint density at radius 1 is 0.935 bits per heavy atom. The fourth-order valence-electron chi connectivity index (χ4n) is 9.92. The van der Waals surface area contributed by atoms with Crippen LogP contribution in [-0.2, 0) is 63.7 Å². The number of methoxy groups -OCH3 is 1. The molecule has 7 rings (SSSR count). The first kappa shape index (κ1) is 30.9. The van der Waals surface area contributed by atoms with Crippen LogP contribution in [-0.4, -0.2) is 90.1 Å². The number of aliphatic hydroxyl groups is 1. The van der Waals surface area contributed by atoms with Crippen molar-refractivity contribution in [3.8, 4) is 5.75 Å². The Morgan fingerprint density at radius 3 is 2.15 bits per heavy atom. The zero-order valence-corrected chi connectivity index (χ0v) is 26.4. The number of hydrogen-bond donors (Lipinski definition) is 1. The fraction of sp³-hybridized carbons (Fsp3) is 0.656. The molecule has 46 heavy (non-hydrogen) atoms. The van der Waals surface area contributed by atoms with E-state index in [2.05, 4.69) is 0 Å². The molecule has 6 fully saturated rings. The second kappa shape index (κ2) is 9.41. The number of fused-ring (bicyclic) bond motifs is 2. The van der Waals surface area contributed by atoms with Gasteiger partial charge in [-0.2, -0.15) is 0 Å². The van der Waals surface area contributed by atoms with Gasteiger partial charge in [0, 0.05) is 19.8 Å². The van der Waals surface area contributed by atoms with Crippen LogP contribution in [0.2, 0.25) is 0 Å². The van der Waals surface area contributed by atoms with Crippen molar-refractivity contribution in [2.24, 2.45) is 28.1 Å². The van der Waals surface area contributed by atoms with Gasteiger partial charge in [0.25, 0.3) is 0 Å². The van der Waals surface area contributed by atoms with Crippen LogP contribution in [0, 0.1) is 28.1 Å². The molecule has 14 heteroatoms. The molecular formula is C32H36O14. The second-order valence-electron chi connectivity index (χ2n) is 14.1. The molecule has 1 aromatic rings. The Balaban J connectivity index is 1.53. The van der Waals surface area contributed by atoms with E-state index in [-0.39, 0.29) is 6.61 Å². The maximum absolute atomic E-state index is 14.6. The summed E-state index contributed by atoms with van der Waals surface area (Å²) in [6.07, 6.45) is -9.12. The third-order valence-electron chi connectivity index (χ3n) is 11.0. The quantitative estimate of drug-likeness (QED) is 0.342. The molecular weight excluding hydrogens is 608 g/mol. The van der Waals surface area contributed by atoms with E-state index >= 15 is 0 Å². The highest BCUT2D eigenvalue weighted by Crippen LogP contribution is 2.85. The predicted octanol–water partition coefficient (Wildman–Crippen LogP) is 0.976. The van der Waals surface area contributed by atoms with Crippen LogP contribution >= 0.6 is 0 Å². The van der Waals surface area contributed by atoms with Crippen LogP contribution in [0.1, 0.15) is 47.1 Å². The van der Waals surface area contributed by atoms with Gasteiger partial charge >= 0.3 is 29.8 Å². The third-order valence-corrected chi connectivity index (χ3v) is 11.0. The van der Waals surface area contributed by atoms with E-state index < -0.39 is 106 Å². The number of carbonyl (C=O) groups excluding carboxylic acids is 5. The van der Waals surface area contributed by atoms with Crippen molar-refractivity contribution in [3.05, 3.63) is 29.8 Å². The van der Waals surface area contributed by atoms with Gasteiger partial charge in [-0.15, -0.1) is 0 Å². The maximum atomic E-state index is 14.6. The largest absolute Gasteiger partial charge is 0.497 e. The number of hydrogen-bond acceptors (Lipinski definition) is 14. The molecule has 14 nitrogen and oxygen atoms in total. The topological polar surface area (TPSA) is 179 Å². The standard InChI is InChI=1S/C32H36O14/c1-13-24(35)44-22-21(42-15(3)34)30-20(41-14(2)33)18-19(28(4,5)6)29(30)23(40-12-16-8-10-17(39-7)11-9-16)25(36)45-27(29)46-32(30,26(37)43-18)31(13,22)38/h8-11,13,18-23,27,38H,12H2,1-7H3/t13-,18-,19+,20?,21+,22?,23+,27?,29?,30?,31-,32?/m1/s1. The predicted molar refractivity (Wildman–Crippen MR) is 148 cm³/mol. The lowest BCUT2D eigenvalue weighted by Crippen LogP contribution is -2.74. The van der Waals surface area contributed by atoms with Crippen molar-refractivity contribution in [2.75, 3.05) is 7.11 Å². The Kier molecular flexibility index (Phi) is 6.32. The number of rotatable bonds is 6. The fourth-order valence-corrected chi connectivity index (χ4v) is 9.92. The lowest BCUT2D eigenvalue weighted by Gasteiger charge is -2.51. The second-order valence-corrected chi connectivity index (χ2v) is 14.1. The van der Waals surface area contributed by atoms with Gasteiger partial charge in [-0.1, -0.05) is 32.9 Å². The minimum Gasteiger partial charge on any atom is -0.497 e. The summed E-state index contributed by atoms with van der Waals surface area (Å²) in [4.78, 5) is 67.4. The summed E-state index contributed by atoms with van der Waals surface area (Å²) < 4.78 is 47.9. The van der Waals surface area contributed by atoms with Gasteiger partial charge in [0.1, 0.15) is 17.3 Å². The summed E-state index contributed by atoms with van der Waals surface area (Å²) in [7, 11) is 1.53. The summed E-state index contributed by atoms with van der Waals surface area (Å²) in [6.45, 7) is 9.04. The van der Waals surface area contributed by atoms with Crippen molar-refractivity contribution < 1.29 is 67.0 Å². The molecule has 4 saturated heterocycles. The van der Waals surface area contributed by atoms with Gasteiger partial charge in [-0.3, -0.25) is 14.4 Å². The molecule has 4 aliphatic heterocycles. The van der Waals surface area contributed by atoms with E-state index in [1.165, 1.54) is 14.0 Å². The molecule has 248 valence electrons. The van der Waals surface area contributed by atoms with Gasteiger partial charge in [0.15, 0.2) is 30.0 Å². The average Bonchev–Trinajstić information content (AvgIpc) is 3.59. The van der Waals surface area contributed by atoms with Crippen molar-refractivity contribution in [1.82, 2.24) is 0 Å². The van der Waals surface area contributed by atoms with Gasteiger partial charge in [-0.05, 0) is 30.0 Å². The molecule has 2 saturated carbocycles. The van der Waals surface area contributed by atoms with Crippen LogP contribution in [0.3, 0.4) is 0 Å². The van der Waals surface area contributed by atoms with Crippen molar-refractivity contribution in [3.63, 3.8) is 0 Å². The molecule has 1 N–H and O–H groups in total. The van der Waals surface area contributed by atoms with E-state index in [4.69, 9.17) is 37.9 Å². The van der Waals surface area contributed by atoms with E-state index in [0.29, 0.717) is 11.3 Å². The molecule has 0 radical (unpaired) electrons. The highest BCUT2D eigenvalue weighted by Gasteiger charge is 3.06. The van der Waals surface area contributed by atoms with Crippen LogP contribution in [0.15, 0.2) is 24.3 Å². The molecule has 12 atom stereocenters. The van der Waals surface area contributed by atoms with E-state index in [9.17, 15) is 29.1 Å². The first-order valence-electron chi connectivity index (χ1n) is 15.2. The molecule has 4 heterocycles. The number of carbonyl (C=O) groups is 5. The van der Waals surface area contributed by atoms with Crippen molar-refractivity contribution >= 4 is 29.8 Å². The molecule has 0 amide bonds. The summed E-state index contributed by atoms with van der Waals surface area (Å²) in [5, 5.41) is 12.7. The lowest BCUT2D eigenvalue weighted by molar-refractivity contribution is -0.283. The van der Waals surface area contributed by atoms with Gasteiger partial charge in [0.05, 0.1) is 25.0 Å².